The van der Waals surface area contributed by atoms with Crippen LogP contribution in [0.4, 0.5) is 11.5 Å². The first-order valence-electron chi connectivity index (χ1n) is 9.25. The molecule has 1 amide bonds. The van der Waals surface area contributed by atoms with Crippen molar-refractivity contribution in [3.05, 3.63) is 46.3 Å². The average molecular weight is 468 g/mol. The van der Waals surface area contributed by atoms with Gasteiger partial charge < -0.3 is 30.9 Å². The Morgan fingerprint density at radius 1 is 1.21 bits per heavy atom. The van der Waals surface area contributed by atoms with Crippen LogP contribution in [0.3, 0.4) is 0 Å². The van der Waals surface area contributed by atoms with Crippen LogP contribution in [0.15, 0.2) is 35.1 Å². The molecule has 0 aliphatic heterocycles. The number of nitrogens with zero attached hydrogens (tertiary/aromatic N) is 2. The molecule has 0 bridgehead atoms. The maximum atomic E-state index is 12.4. The molecule has 5 N–H and O–H groups in total. The van der Waals surface area contributed by atoms with Gasteiger partial charge in [0.15, 0.2) is 11.5 Å². The minimum atomic E-state index is -0.435. The van der Waals surface area contributed by atoms with Crippen LogP contribution >= 0.6 is 15.9 Å². The number of halogens is 1. The molecular weight excluding hydrogens is 442 g/mol. The Morgan fingerprint density at radius 2 is 2.03 bits per heavy atom. The van der Waals surface area contributed by atoms with Crippen LogP contribution in [0.1, 0.15) is 22.5 Å². The number of nitrogens with two attached hydrogens (primary N) is 1. The number of benzene rings is 1. The Kier molecular flexibility index (Phi) is 10.5. The van der Waals surface area contributed by atoms with E-state index in [1.54, 1.807) is 6.07 Å². The second-order valence-corrected chi connectivity index (χ2v) is 6.89. The van der Waals surface area contributed by atoms with Crippen LogP contribution in [0, 0.1) is 0 Å². The van der Waals surface area contributed by atoms with E-state index in [1.807, 2.05) is 18.2 Å². The van der Waals surface area contributed by atoms with Crippen molar-refractivity contribution in [1.29, 1.82) is 0 Å². The zero-order valence-corrected chi connectivity index (χ0v) is 17.7. The van der Waals surface area contributed by atoms with E-state index in [0.29, 0.717) is 36.7 Å². The van der Waals surface area contributed by atoms with E-state index in [2.05, 4.69) is 36.5 Å². The monoisotopic (exact) mass is 467 g/mol. The minimum Gasteiger partial charge on any atom is -0.396 e. The molecule has 0 atom stereocenters. The highest BCUT2D eigenvalue weighted by molar-refractivity contribution is 9.10. The number of hydrogen-bond donors (Lipinski definition) is 4. The van der Waals surface area contributed by atoms with Gasteiger partial charge in [0, 0.05) is 18.8 Å². The van der Waals surface area contributed by atoms with Crippen molar-refractivity contribution in [1.82, 2.24) is 15.3 Å². The molecule has 0 aliphatic rings. The average Bonchev–Trinajstić information content (AvgIpc) is 2.71. The van der Waals surface area contributed by atoms with E-state index >= 15 is 0 Å². The third-order valence-corrected chi connectivity index (χ3v) is 4.13. The number of carbonyl (C=O) groups is 1. The van der Waals surface area contributed by atoms with Gasteiger partial charge in [0.05, 0.1) is 32.6 Å². The van der Waals surface area contributed by atoms with Gasteiger partial charge >= 0.3 is 0 Å². The first-order chi connectivity index (χ1) is 14.1. The fourth-order valence-corrected chi connectivity index (χ4v) is 2.64. The van der Waals surface area contributed by atoms with Gasteiger partial charge in [-0.1, -0.05) is 12.1 Å². The standard InChI is InChI=1S/C19H26BrN5O4/c20-16-12-23-18(21)17(25-16)19(27)24-15-4-1-3-14(11-15)13-29-10-9-28-8-6-22-5-2-7-26/h1,3-4,11-12,22,26H,2,5-10,13H2,(H2,21,23)(H,24,27). The minimum absolute atomic E-state index is 0.0593. The molecule has 0 spiro atoms. The lowest BCUT2D eigenvalue weighted by atomic mass is 10.2. The van der Waals surface area contributed by atoms with E-state index in [1.165, 1.54) is 6.20 Å². The summed E-state index contributed by atoms with van der Waals surface area (Å²) in [5.74, 6) is -0.371. The normalized spacial score (nSPS) is 10.8. The van der Waals surface area contributed by atoms with Crippen LogP contribution in [0.25, 0.3) is 0 Å². The lowest BCUT2D eigenvalue weighted by molar-refractivity contribution is 0.0416. The van der Waals surface area contributed by atoms with Crippen molar-refractivity contribution < 1.29 is 19.4 Å². The molecule has 2 rings (SSSR count). The van der Waals surface area contributed by atoms with Crippen LogP contribution in [-0.4, -0.2) is 60.5 Å². The molecule has 29 heavy (non-hydrogen) atoms. The third kappa shape index (κ3) is 8.84. The zero-order valence-electron chi connectivity index (χ0n) is 16.1. The molecule has 2 aromatic rings. The van der Waals surface area contributed by atoms with Crippen molar-refractivity contribution in [2.24, 2.45) is 0 Å². The summed E-state index contributed by atoms with van der Waals surface area (Å²) in [4.78, 5) is 20.3. The quantitative estimate of drug-likeness (QED) is 0.326. The molecule has 158 valence electrons. The zero-order chi connectivity index (χ0) is 20.9. The van der Waals surface area contributed by atoms with E-state index in [9.17, 15) is 4.79 Å². The van der Waals surface area contributed by atoms with Gasteiger partial charge in [0.1, 0.15) is 4.60 Å². The predicted octanol–water partition coefficient (Wildman–Crippen LogP) is 1.58. The maximum Gasteiger partial charge on any atom is 0.278 e. The van der Waals surface area contributed by atoms with Crippen molar-refractivity contribution in [2.75, 3.05) is 50.6 Å². The largest absolute Gasteiger partial charge is 0.396 e. The molecule has 10 heteroatoms. The highest BCUT2D eigenvalue weighted by Gasteiger charge is 2.14. The van der Waals surface area contributed by atoms with Crippen LogP contribution < -0.4 is 16.4 Å². The first-order valence-corrected chi connectivity index (χ1v) is 10.0. The van der Waals surface area contributed by atoms with Crippen LogP contribution in [-0.2, 0) is 16.1 Å². The molecule has 0 aliphatic carbocycles. The lowest BCUT2D eigenvalue weighted by Gasteiger charge is -2.09. The van der Waals surface area contributed by atoms with E-state index < -0.39 is 5.91 Å². The topological polar surface area (TPSA) is 132 Å². The van der Waals surface area contributed by atoms with Gasteiger partial charge in [-0.15, -0.1) is 0 Å². The Labute approximate surface area is 178 Å². The van der Waals surface area contributed by atoms with E-state index in [0.717, 1.165) is 25.1 Å². The lowest BCUT2D eigenvalue weighted by Crippen LogP contribution is -2.22. The summed E-state index contributed by atoms with van der Waals surface area (Å²) >= 11 is 3.18. The molecule has 1 heterocycles. The summed E-state index contributed by atoms with van der Waals surface area (Å²) in [6.07, 6.45) is 2.17. The number of amides is 1. The second kappa shape index (κ2) is 13.2. The van der Waals surface area contributed by atoms with Gasteiger partial charge in [0.2, 0.25) is 0 Å². The van der Waals surface area contributed by atoms with Gasteiger partial charge in [-0.05, 0) is 46.6 Å². The molecule has 0 saturated heterocycles. The molecule has 1 aromatic heterocycles. The van der Waals surface area contributed by atoms with Crippen LogP contribution in [0.2, 0.25) is 0 Å². The molecule has 9 nitrogen and oxygen atoms in total. The second-order valence-electron chi connectivity index (χ2n) is 6.07. The fourth-order valence-electron chi connectivity index (χ4n) is 2.36. The smallest absolute Gasteiger partial charge is 0.278 e. The van der Waals surface area contributed by atoms with Crippen molar-refractivity contribution in [3.8, 4) is 0 Å². The number of rotatable bonds is 13. The maximum absolute atomic E-state index is 12.4. The number of nitrogen functional groups attached to an aromatic ring is 1. The summed E-state index contributed by atoms with van der Waals surface area (Å²) < 4.78 is 11.5. The first kappa shape index (κ1) is 23.2. The Morgan fingerprint density at radius 3 is 2.86 bits per heavy atom. The number of hydrogen-bond acceptors (Lipinski definition) is 8. The molecule has 0 radical (unpaired) electrons. The Bertz CT molecular complexity index is 778. The summed E-state index contributed by atoms with van der Waals surface area (Å²) in [7, 11) is 0. The van der Waals surface area contributed by atoms with Gasteiger partial charge in [-0.3, -0.25) is 4.79 Å². The van der Waals surface area contributed by atoms with Crippen molar-refractivity contribution in [3.63, 3.8) is 0 Å². The summed E-state index contributed by atoms with van der Waals surface area (Å²) in [5.41, 5.74) is 7.31. The Hall–Kier alpha value is -2.11. The number of anilines is 2. The summed E-state index contributed by atoms with van der Waals surface area (Å²) in [5, 5.41) is 14.6. The van der Waals surface area contributed by atoms with Crippen molar-refractivity contribution in [2.45, 2.75) is 13.0 Å². The van der Waals surface area contributed by atoms with Gasteiger partial charge in [-0.2, -0.15) is 0 Å². The summed E-state index contributed by atoms with van der Waals surface area (Å²) in [6.45, 7) is 3.69. The Balaban J connectivity index is 1.70. The molecule has 0 unspecified atom stereocenters. The summed E-state index contributed by atoms with van der Waals surface area (Å²) in [6, 6.07) is 7.34. The number of ether oxygens (including phenoxy) is 2. The highest BCUT2D eigenvalue weighted by Crippen LogP contribution is 2.15. The molecule has 0 fully saturated rings. The molecular formula is C19H26BrN5O4. The third-order valence-electron chi connectivity index (χ3n) is 3.75. The highest BCUT2D eigenvalue weighted by atomic mass is 79.9. The molecule has 1 aromatic carbocycles. The number of nitrogens with one attached hydrogen (secondary N) is 2. The van der Waals surface area contributed by atoms with Gasteiger partial charge in [0.25, 0.3) is 5.91 Å². The number of aliphatic hydroxyl groups is 1. The fraction of sp³-hybridized carbons (Fsp3) is 0.421. The number of carbonyl (C=O) groups excluding carboxylic acids is 1. The van der Waals surface area contributed by atoms with Crippen molar-refractivity contribution >= 4 is 33.3 Å². The van der Waals surface area contributed by atoms with E-state index in [-0.39, 0.29) is 18.1 Å². The molecule has 0 saturated carbocycles. The number of aromatic nitrogens is 2. The number of aliphatic hydroxyl groups excluding tert-OH is 1. The SMILES string of the molecule is Nc1ncc(Br)nc1C(=O)Nc1cccc(COCCOCCNCCCO)c1. The van der Waals surface area contributed by atoms with Gasteiger partial charge in [-0.25, -0.2) is 9.97 Å². The van der Waals surface area contributed by atoms with Crippen LogP contribution in [0.5, 0.6) is 0 Å². The van der Waals surface area contributed by atoms with E-state index in [4.69, 9.17) is 20.3 Å². The predicted molar refractivity (Wildman–Crippen MR) is 114 cm³/mol.